The van der Waals surface area contributed by atoms with E-state index in [-0.39, 0.29) is 5.54 Å². The predicted octanol–water partition coefficient (Wildman–Crippen LogP) is 4.89. The van der Waals surface area contributed by atoms with Crippen LogP contribution in [0.25, 0.3) is 6.08 Å². The maximum atomic E-state index is 6.14. The number of halogens is 2. The summed E-state index contributed by atoms with van der Waals surface area (Å²) in [4.78, 5) is 0. The monoisotopic (exact) mass is 315 g/mol. The normalized spacial score (nSPS) is 12.9. The minimum Gasteiger partial charge on any atom is -0.308 e. The minimum atomic E-state index is 0.135. The zero-order valence-corrected chi connectivity index (χ0v) is 13.1. The Morgan fingerprint density at radius 2 is 2.06 bits per heavy atom. The summed E-state index contributed by atoms with van der Waals surface area (Å²) < 4.78 is 1.05. The second kappa shape index (κ2) is 6.03. The molecule has 17 heavy (non-hydrogen) atoms. The molecule has 0 bridgehead atoms. The molecule has 0 heterocycles. The largest absolute Gasteiger partial charge is 0.308 e. The molecule has 0 saturated carbocycles. The Bertz CT molecular complexity index is 419. The summed E-state index contributed by atoms with van der Waals surface area (Å²) in [5.41, 5.74) is 2.45. The number of hydrogen-bond acceptors (Lipinski definition) is 1. The Kier molecular flexibility index (Phi) is 5.23. The van der Waals surface area contributed by atoms with E-state index in [2.05, 4.69) is 55.0 Å². The first-order valence-corrected chi connectivity index (χ1v) is 6.82. The fourth-order valence-electron chi connectivity index (χ4n) is 1.35. The summed E-state index contributed by atoms with van der Waals surface area (Å²) >= 11 is 9.60. The lowest BCUT2D eigenvalue weighted by atomic mass is 10.1. The fraction of sp³-hybridized carbons (Fsp3) is 0.429. The molecule has 1 aromatic carbocycles. The van der Waals surface area contributed by atoms with Gasteiger partial charge in [-0.25, -0.2) is 0 Å². The molecule has 3 heteroatoms. The van der Waals surface area contributed by atoms with Gasteiger partial charge in [-0.1, -0.05) is 39.2 Å². The van der Waals surface area contributed by atoms with Crippen molar-refractivity contribution >= 4 is 33.6 Å². The van der Waals surface area contributed by atoms with Gasteiger partial charge in [-0.15, -0.1) is 0 Å². The summed E-state index contributed by atoms with van der Waals surface area (Å²) in [5, 5.41) is 4.23. The van der Waals surface area contributed by atoms with Crippen LogP contribution in [-0.2, 0) is 0 Å². The van der Waals surface area contributed by atoms with Gasteiger partial charge in [0.25, 0.3) is 0 Å². The third kappa shape index (κ3) is 5.71. The van der Waals surface area contributed by atoms with Gasteiger partial charge in [0.1, 0.15) is 0 Å². The van der Waals surface area contributed by atoms with E-state index >= 15 is 0 Å². The highest BCUT2D eigenvalue weighted by molar-refractivity contribution is 9.10. The Morgan fingerprint density at radius 3 is 2.65 bits per heavy atom. The molecule has 0 aliphatic rings. The van der Waals surface area contributed by atoms with Crippen molar-refractivity contribution in [3.63, 3.8) is 0 Å². The maximum absolute atomic E-state index is 6.14. The van der Waals surface area contributed by atoms with Crippen molar-refractivity contribution in [2.75, 3.05) is 6.54 Å². The van der Waals surface area contributed by atoms with Crippen molar-refractivity contribution in [2.24, 2.45) is 0 Å². The molecule has 0 unspecified atom stereocenters. The Balaban J connectivity index is 2.77. The fourth-order valence-corrected chi connectivity index (χ4v) is 1.90. The van der Waals surface area contributed by atoms with Crippen molar-refractivity contribution in [3.8, 4) is 0 Å². The van der Waals surface area contributed by atoms with Crippen LogP contribution in [0.3, 0.4) is 0 Å². The number of rotatable bonds is 3. The summed E-state index contributed by atoms with van der Waals surface area (Å²) in [6, 6.07) is 5.88. The van der Waals surface area contributed by atoms with Crippen molar-refractivity contribution < 1.29 is 0 Å². The first kappa shape index (κ1) is 14.7. The Hall–Kier alpha value is -0.310. The first-order valence-electron chi connectivity index (χ1n) is 5.65. The Labute approximate surface area is 117 Å². The van der Waals surface area contributed by atoms with E-state index in [1.165, 1.54) is 5.57 Å². The molecule has 94 valence electrons. The van der Waals surface area contributed by atoms with E-state index in [1.54, 1.807) is 0 Å². The molecule has 0 atom stereocenters. The van der Waals surface area contributed by atoms with Crippen LogP contribution in [-0.4, -0.2) is 12.1 Å². The van der Waals surface area contributed by atoms with Crippen molar-refractivity contribution in [1.29, 1.82) is 0 Å². The maximum Gasteiger partial charge on any atom is 0.0479 e. The van der Waals surface area contributed by atoms with Crippen LogP contribution in [0, 0.1) is 0 Å². The third-order valence-corrected chi connectivity index (χ3v) is 3.09. The standard InChI is InChI=1S/C14H19BrClN/c1-10(9-17-14(2,3)4)7-11-8-12(15)5-6-13(11)16/h5-8,17H,9H2,1-4H3/b10-7-. The summed E-state index contributed by atoms with van der Waals surface area (Å²) in [7, 11) is 0. The molecule has 0 aliphatic carbocycles. The number of hydrogen-bond donors (Lipinski definition) is 1. The molecule has 0 aliphatic heterocycles. The van der Waals surface area contributed by atoms with Crippen molar-refractivity contribution in [2.45, 2.75) is 33.2 Å². The average molecular weight is 317 g/mol. The SMILES string of the molecule is C/C(=C/c1cc(Br)ccc1Cl)CNC(C)(C)C. The third-order valence-electron chi connectivity index (χ3n) is 2.26. The molecule has 1 nitrogen and oxygen atoms in total. The predicted molar refractivity (Wildman–Crippen MR) is 80.6 cm³/mol. The first-order chi connectivity index (χ1) is 7.78. The second-order valence-corrected chi connectivity index (χ2v) is 6.58. The smallest absolute Gasteiger partial charge is 0.0479 e. The van der Waals surface area contributed by atoms with Crippen LogP contribution in [0.2, 0.25) is 5.02 Å². The lowest BCUT2D eigenvalue weighted by Crippen LogP contribution is -2.36. The molecule has 0 amide bonds. The molecule has 0 spiro atoms. The van der Waals surface area contributed by atoms with E-state index in [0.717, 1.165) is 21.6 Å². The zero-order valence-electron chi connectivity index (χ0n) is 10.8. The zero-order chi connectivity index (χ0) is 13.1. The van der Waals surface area contributed by atoms with Gasteiger partial charge in [-0.3, -0.25) is 0 Å². The van der Waals surface area contributed by atoms with E-state index in [0.29, 0.717) is 0 Å². The van der Waals surface area contributed by atoms with Crippen molar-refractivity contribution in [1.82, 2.24) is 5.32 Å². The quantitative estimate of drug-likeness (QED) is 0.837. The summed E-state index contributed by atoms with van der Waals surface area (Å²) in [6.45, 7) is 9.45. The van der Waals surface area contributed by atoms with Gasteiger partial charge < -0.3 is 5.32 Å². The van der Waals surface area contributed by atoms with E-state index in [4.69, 9.17) is 11.6 Å². The highest BCUT2D eigenvalue weighted by Gasteiger charge is 2.08. The molecule has 1 N–H and O–H groups in total. The molecular formula is C14H19BrClN. The van der Waals surface area contributed by atoms with Crippen LogP contribution >= 0.6 is 27.5 Å². The van der Waals surface area contributed by atoms with E-state index in [1.807, 2.05) is 18.2 Å². The molecule has 0 radical (unpaired) electrons. The van der Waals surface area contributed by atoms with E-state index in [9.17, 15) is 0 Å². The minimum absolute atomic E-state index is 0.135. The van der Waals surface area contributed by atoms with Crippen LogP contribution in [0.1, 0.15) is 33.3 Å². The summed E-state index contributed by atoms with van der Waals surface area (Å²) in [5.74, 6) is 0. The van der Waals surface area contributed by atoms with Gasteiger partial charge in [0.15, 0.2) is 0 Å². The van der Waals surface area contributed by atoms with Crippen LogP contribution in [0.4, 0.5) is 0 Å². The van der Waals surface area contributed by atoms with Crippen LogP contribution < -0.4 is 5.32 Å². The highest BCUT2D eigenvalue weighted by Crippen LogP contribution is 2.23. The molecule has 0 saturated heterocycles. The van der Waals surface area contributed by atoms with Crippen LogP contribution in [0.15, 0.2) is 28.2 Å². The Morgan fingerprint density at radius 1 is 1.41 bits per heavy atom. The molecule has 0 fully saturated rings. The molecular weight excluding hydrogens is 298 g/mol. The van der Waals surface area contributed by atoms with E-state index < -0.39 is 0 Å². The number of nitrogens with one attached hydrogen (secondary N) is 1. The molecule has 0 aromatic heterocycles. The average Bonchev–Trinajstić information content (AvgIpc) is 2.20. The summed E-state index contributed by atoms with van der Waals surface area (Å²) in [6.07, 6.45) is 2.12. The molecule has 1 rings (SSSR count). The topological polar surface area (TPSA) is 12.0 Å². The van der Waals surface area contributed by atoms with Gasteiger partial charge in [-0.05, 0) is 51.5 Å². The lowest BCUT2D eigenvalue weighted by molar-refractivity contribution is 0.445. The van der Waals surface area contributed by atoms with Gasteiger partial charge in [0.2, 0.25) is 0 Å². The second-order valence-electron chi connectivity index (χ2n) is 5.26. The number of benzene rings is 1. The van der Waals surface area contributed by atoms with Crippen LogP contribution in [0.5, 0.6) is 0 Å². The highest BCUT2D eigenvalue weighted by atomic mass is 79.9. The lowest BCUT2D eigenvalue weighted by Gasteiger charge is -2.20. The van der Waals surface area contributed by atoms with Gasteiger partial charge in [-0.2, -0.15) is 0 Å². The van der Waals surface area contributed by atoms with Gasteiger partial charge in [0.05, 0.1) is 0 Å². The van der Waals surface area contributed by atoms with Gasteiger partial charge in [0, 0.05) is 21.6 Å². The van der Waals surface area contributed by atoms with Gasteiger partial charge >= 0.3 is 0 Å². The van der Waals surface area contributed by atoms with Crippen molar-refractivity contribution in [3.05, 3.63) is 38.8 Å². The molecule has 1 aromatic rings.